The highest BCUT2D eigenvalue weighted by Gasteiger charge is 2.12. The van der Waals surface area contributed by atoms with Crippen LogP contribution in [0.15, 0.2) is 30.3 Å². The lowest BCUT2D eigenvalue weighted by molar-refractivity contribution is 0.0342. The standard InChI is InChI=1S/C17H19Cl2N3O2/c18-14-9-15(21-16(14)19)17(23)20-10-12-2-1-3-13(8-12)11-22-4-6-24-7-5-22/h1-3,8-9,21H,4-7,10-11H2,(H,20,23). The van der Waals surface area contributed by atoms with Crippen molar-refractivity contribution in [1.29, 1.82) is 0 Å². The summed E-state index contributed by atoms with van der Waals surface area (Å²) in [7, 11) is 0. The SMILES string of the molecule is O=C(NCc1cccc(CN2CCOCC2)c1)c1cc(Cl)c(Cl)[nH]1. The van der Waals surface area contributed by atoms with Gasteiger partial charge in [0.1, 0.15) is 10.8 Å². The number of carbonyl (C=O) groups excluding carboxylic acids is 1. The van der Waals surface area contributed by atoms with Gasteiger partial charge < -0.3 is 15.0 Å². The summed E-state index contributed by atoms with van der Waals surface area (Å²) < 4.78 is 5.37. The van der Waals surface area contributed by atoms with Crippen molar-refractivity contribution in [3.63, 3.8) is 0 Å². The minimum absolute atomic E-state index is 0.234. The van der Waals surface area contributed by atoms with Crippen LogP contribution in [0.25, 0.3) is 0 Å². The molecule has 1 aliphatic heterocycles. The van der Waals surface area contributed by atoms with E-state index in [1.807, 2.05) is 12.1 Å². The molecule has 2 heterocycles. The van der Waals surface area contributed by atoms with Gasteiger partial charge in [-0.05, 0) is 17.2 Å². The van der Waals surface area contributed by atoms with E-state index in [9.17, 15) is 4.79 Å². The maximum absolute atomic E-state index is 12.1. The third-order valence-corrected chi connectivity index (χ3v) is 4.62. The van der Waals surface area contributed by atoms with E-state index in [-0.39, 0.29) is 11.1 Å². The molecule has 0 saturated carbocycles. The van der Waals surface area contributed by atoms with Crippen LogP contribution in [-0.4, -0.2) is 42.1 Å². The average Bonchev–Trinajstić information content (AvgIpc) is 2.93. The van der Waals surface area contributed by atoms with Crippen LogP contribution in [0.5, 0.6) is 0 Å². The summed E-state index contributed by atoms with van der Waals surface area (Å²) in [6.07, 6.45) is 0. The predicted molar refractivity (Wildman–Crippen MR) is 94.5 cm³/mol. The van der Waals surface area contributed by atoms with Gasteiger partial charge in [-0.25, -0.2) is 0 Å². The smallest absolute Gasteiger partial charge is 0.268 e. The highest BCUT2D eigenvalue weighted by Crippen LogP contribution is 2.21. The number of morpholine rings is 1. The molecule has 2 aromatic rings. The summed E-state index contributed by atoms with van der Waals surface area (Å²) in [5.41, 5.74) is 2.64. The van der Waals surface area contributed by atoms with Gasteiger partial charge in [0.2, 0.25) is 0 Å². The number of nitrogens with zero attached hydrogens (tertiary/aromatic N) is 1. The molecule has 0 bridgehead atoms. The number of H-pyrrole nitrogens is 1. The molecule has 1 aliphatic rings. The summed E-state index contributed by atoms with van der Waals surface area (Å²) in [6, 6.07) is 9.75. The second-order valence-corrected chi connectivity index (χ2v) is 6.52. The molecule has 1 saturated heterocycles. The van der Waals surface area contributed by atoms with E-state index >= 15 is 0 Å². The molecule has 5 nitrogen and oxygen atoms in total. The Morgan fingerprint density at radius 2 is 1.96 bits per heavy atom. The Morgan fingerprint density at radius 3 is 2.67 bits per heavy atom. The molecule has 2 N–H and O–H groups in total. The van der Waals surface area contributed by atoms with Gasteiger partial charge in [-0.2, -0.15) is 0 Å². The fraction of sp³-hybridized carbons (Fsp3) is 0.353. The molecule has 1 amide bonds. The molecule has 24 heavy (non-hydrogen) atoms. The topological polar surface area (TPSA) is 57.4 Å². The molecule has 0 aliphatic carbocycles. The third-order valence-electron chi connectivity index (χ3n) is 3.92. The molecule has 7 heteroatoms. The van der Waals surface area contributed by atoms with Gasteiger partial charge in [0.15, 0.2) is 0 Å². The first-order valence-electron chi connectivity index (χ1n) is 7.82. The predicted octanol–water partition coefficient (Wildman–Crippen LogP) is 3.08. The van der Waals surface area contributed by atoms with Crippen molar-refractivity contribution in [2.75, 3.05) is 26.3 Å². The summed E-state index contributed by atoms with van der Waals surface area (Å²) in [5.74, 6) is -0.234. The van der Waals surface area contributed by atoms with E-state index in [1.165, 1.54) is 11.6 Å². The lowest BCUT2D eigenvalue weighted by Crippen LogP contribution is -2.35. The normalized spacial score (nSPS) is 15.4. The van der Waals surface area contributed by atoms with Gasteiger partial charge in [-0.3, -0.25) is 9.69 Å². The number of aromatic amines is 1. The maximum atomic E-state index is 12.1. The lowest BCUT2D eigenvalue weighted by Gasteiger charge is -2.26. The number of aromatic nitrogens is 1. The summed E-state index contributed by atoms with van der Waals surface area (Å²) >= 11 is 11.7. The Labute approximate surface area is 150 Å². The first-order valence-corrected chi connectivity index (χ1v) is 8.57. The van der Waals surface area contributed by atoms with E-state index in [0.29, 0.717) is 17.3 Å². The molecule has 0 unspecified atom stereocenters. The number of carbonyl (C=O) groups is 1. The molecule has 1 aromatic carbocycles. The van der Waals surface area contributed by atoms with Crippen molar-refractivity contribution in [1.82, 2.24) is 15.2 Å². The van der Waals surface area contributed by atoms with Gasteiger partial charge >= 0.3 is 0 Å². The van der Waals surface area contributed by atoms with Gasteiger partial charge in [0.05, 0.1) is 18.2 Å². The Bertz CT molecular complexity index is 692. The van der Waals surface area contributed by atoms with Crippen LogP contribution >= 0.6 is 23.2 Å². The number of hydrogen-bond acceptors (Lipinski definition) is 3. The maximum Gasteiger partial charge on any atom is 0.268 e. The Morgan fingerprint density at radius 1 is 1.21 bits per heavy atom. The molecule has 0 spiro atoms. The lowest BCUT2D eigenvalue weighted by atomic mass is 10.1. The van der Waals surface area contributed by atoms with Gasteiger partial charge in [0.25, 0.3) is 5.91 Å². The second kappa shape index (κ2) is 8.03. The highest BCUT2D eigenvalue weighted by molar-refractivity contribution is 6.41. The number of ether oxygens (including phenoxy) is 1. The van der Waals surface area contributed by atoms with Crippen molar-refractivity contribution in [3.05, 3.63) is 57.3 Å². The summed E-state index contributed by atoms with van der Waals surface area (Å²) in [4.78, 5) is 17.2. The Balaban J connectivity index is 1.57. The van der Waals surface area contributed by atoms with Crippen LogP contribution in [0.3, 0.4) is 0 Å². The zero-order valence-corrected chi connectivity index (χ0v) is 14.7. The average molecular weight is 368 g/mol. The first-order chi connectivity index (χ1) is 11.6. The van der Waals surface area contributed by atoms with Crippen molar-refractivity contribution in [3.8, 4) is 0 Å². The van der Waals surface area contributed by atoms with Crippen LogP contribution < -0.4 is 5.32 Å². The van der Waals surface area contributed by atoms with Gasteiger partial charge in [0, 0.05) is 26.2 Å². The van der Waals surface area contributed by atoms with Crippen molar-refractivity contribution in [2.45, 2.75) is 13.1 Å². The van der Waals surface area contributed by atoms with Crippen LogP contribution in [0.1, 0.15) is 21.6 Å². The number of hydrogen-bond donors (Lipinski definition) is 2. The minimum atomic E-state index is -0.234. The molecule has 128 valence electrons. The van der Waals surface area contributed by atoms with Crippen molar-refractivity contribution in [2.24, 2.45) is 0 Å². The third kappa shape index (κ3) is 4.51. The molecule has 1 aromatic heterocycles. The second-order valence-electron chi connectivity index (χ2n) is 5.74. The van der Waals surface area contributed by atoms with E-state index in [0.717, 1.165) is 38.4 Å². The fourth-order valence-electron chi connectivity index (χ4n) is 2.66. The quantitative estimate of drug-likeness (QED) is 0.853. The van der Waals surface area contributed by atoms with Crippen molar-refractivity contribution >= 4 is 29.1 Å². The van der Waals surface area contributed by atoms with Crippen LogP contribution in [0.4, 0.5) is 0 Å². The molecular formula is C17H19Cl2N3O2. The molecule has 0 atom stereocenters. The van der Waals surface area contributed by atoms with Crippen LogP contribution in [0.2, 0.25) is 10.2 Å². The summed E-state index contributed by atoms with van der Waals surface area (Å²) in [5, 5.41) is 3.48. The van der Waals surface area contributed by atoms with Crippen LogP contribution in [0, 0.1) is 0 Å². The Hall–Kier alpha value is -1.53. The van der Waals surface area contributed by atoms with E-state index in [2.05, 4.69) is 27.3 Å². The fourth-order valence-corrected chi connectivity index (χ4v) is 2.97. The largest absolute Gasteiger partial charge is 0.379 e. The Kier molecular flexibility index (Phi) is 5.79. The number of benzene rings is 1. The van der Waals surface area contributed by atoms with Crippen LogP contribution in [-0.2, 0) is 17.8 Å². The van der Waals surface area contributed by atoms with E-state index in [1.54, 1.807) is 0 Å². The zero-order chi connectivity index (χ0) is 16.9. The number of amides is 1. The molecule has 1 fully saturated rings. The summed E-state index contributed by atoms with van der Waals surface area (Å²) in [6.45, 7) is 4.83. The van der Waals surface area contributed by atoms with Gasteiger partial charge in [-0.15, -0.1) is 0 Å². The van der Waals surface area contributed by atoms with Gasteiger partial charge in [-0.1, -0.05) is 47.5 Å². The molecule has 3 rings (SSSR count). The molecular weight excluding hydrogens is 349 g/mol. The monoisotopic (exact) mass is 367 g/mol. The highest BCUT2D eigenvalue weighted by atomic mass is 35.5. The zero-order valence-electron chi connectivity index (χ0n) is 13.1. The number of rotatable bonds is 5. The molecule has 0 radical (unpaired) electrons. The number of nitrogens with one attached hydrogen (secondary N) is 2. The first kappa shape index (κ1) is 17.3. The number of halogens is 2. The van der Waals surface area contributed by atoms with E-state index in [4.69, 9.17) is 27.9 Å². The van der Waals surface area contributed by atoms with Crippen molar-refractivity contribution < 1.29 is 9.53 Å². The van der Waals surface area contributed by atoms with E-state index < -0.39 is 0 Å². The minimum Gasteiger partial charge on any atom is -0.379 e.